The Morgan fingerprint density at radius 1 is 0.970 bits per heavy atom. The highest BCUT2D eigenvalue weighted by atomic mass is 16.2. The fourth-order valence-electron chi connectivity index (χ4n) is 3.89. The summed E-state index contributed by atoms with van der Waals surface area (Å²) in [5.74, 6) is -1.59. The minimum Gasteiger partial charge on any atom is -0.354 e. The van der Waals surface area contributed by atoms with E-state index in [1.807, 2.05) is 42.5 Å². The Labute approximate surface area is 193 Å². The van der Waals surface area contributed by atoms with Crippen molar-refractivity contribution in [1.29, 1.82) is 0 Å². The summed E-state index contributed by atoms with van der Waals surface area (Å²) in [7, 11) is 0. The van der Waals surface area contributed by atoms with Crippen molar-refractivity contribution >= 4 is 34.4 Å². The lowest BCUT2D eigenvalue weighted by Gasteiger charge is -2.25. The molecule has 2 aromatic carbocycles. The molecule has 9 heteroatoms. The zero-order valence-electron chi connectivity index (χ0n) is 18.6. The highest BCUT2D eigenvalue weighted by Gasteiger charge is 2.28. The number of nitrogens with one attached hydrogen (secondary N) is 3. The van der Waals surface area contributed by atoms with Crippen LogP contribution in [-0.4, -0.2) is 67.3 Å². The number of hydrogen-bond acceptors (Lipinski definition) is 5. The number of carbonyl (C=O) groups excluding carboxylic acids is 4. The van der Waals surface area contributed by atoms with Gasteiger partial charge in [-0.3, -0.25) is 19.2 Å². The predicted octanol–water partition coefficient (Wildman–Crippen LogP) is 0.0707. The molecule has 0 bridgehead atoms. The van der Waals surface area contributed by atoms with Crippen molar-refractivity contribution in [2.24, 2.45) is 5.73 Å². The van der Waals surface area contributed by atoms with E-state index >= 15 is 0 Å². The number of fused-ring (bicyclic) bond motifs is 1. The summed E-state index contributed by atoms with van der Waals surface area (Å²) in [6, 6.07) is 12.1. The Kier molecular flexibility index (Phi) is 8.77. The summed E-state index contributed by atoms with van der Waals surface area (Å²) in [6.07, 6.45) is 1.40. The van der Waals surface area contributed by atoms with Crippen LogP contribution in [0.4, 0.5) is 0 Å². The minimum atomic E-state index is -1.32. The van der Waals surface area contributed by atoms with E-state index in [0.29, 0.717) is 25.9 Å². The average Bonchev–Trinajstić information content (AvgIpc) is 2.80. The van der Waals surface area contributed by atoms with Crippen LogP contribution < -0.4 is 21.7 Å². The van der Waals surface area contributed by atoms with E-state index in [4.69, 9.17) is 5.73 Å². The molecule has 1 heterocycles. The Morgan fingerprint density at radius 3 is 2.27 bits per heavy atom. The molecule has 1 saturated heterocycles. The van der Waals surface area contributed by atoms with Crippen LogP contribution in [0.3, 0.4) is 0 Å². The van der Waals surface area contributed by atoms with Crippen molar-refractivity contribution < 1.29 is 19.2 Å². The lowest BCUT2D eigenvalue weighted by atomic mass is 10.0. The molecule has 0 radical (unpaired) electrons. The van der Waals surface area contributed by atoms with Crippen LogP contribution in [0.15, 0.2) is 42.5 Å². The van der Waals surface area contributed by atoms with Crippen molar-refractivity contribution in [2.45, 2.75) is 31.7 Å². The molecule has 0 unspecified atom stereocenters. The van der Waals surface area contributed by atoms with Gasteiger partial charge in [-0.2, -0.15) is 0 Å². The fourth-order valence-corrected chi connectivity index (χ4v) is 3.89. The van der Waals surface area contributed by atoms with E-state index in [-0.39, 0.29) is 38.4 Å². The zero-order chi connectivity index (χ0) is 23.6. The molecule has 1 aliphatic rings. The molecule has 176 valence electrons. The van der Waals surface area contributed by atoms with Crippen LogP contribution in [0, 0.1) is 0 Å². The molecule has 0 saturated carbocycles. The van der Waals surface area contributed by atoms with Crippen LogP contribution in [0.5, 0.6) is 0 Å². The quantitative estimate of drug-likeness (QED) is 0.476. The molecular formula is C24H31N5O4. The minimum absolute atomic E-state index is 0.0363. The molecule has 5 N–H and O–H groups in total. The molecule has 0 aromatic heterocycles. The van der Waals surface area contributed by atoms with Gasteiger partial charge >= 0.3 is 0 Å². The monoisotopic (exact) mass is 453 g/mol. The van der Waals surface area contributed by atoms with Crippen molar-refractivity contribution in [3.8, 4) is 0 Å². The number of carbonyl (C=O) groups is 4. The first-order valence-corrected chi connectivity index (χ1v) is 11.3. The van der Waals surface area contributed by atoms with Crippen LogP contribution in [0.25, 0.3) is 10.8 Å². The summed E-state index contributed by atoms with van der Waals surface area (Å²) < 4.78 is 0. The number of benzene rings is 2. The second-order valence-electron chi connectivity index (χ2n) is 8.02. The number of nitrogens with two attached hydrogens (primary N) is 1. The first kappa shape index (κ1) is 24.2. The smallest absolute Gasteiger partial charge is 0.252 e. The fraction of sp³-hybridized carbons (Fsp3) is 0.417. The highest BCUT2D eigenvalue weighted by Crippen LogP contribution is 2.18. The second-order valence-corrected chi connectivity index (χ2v) is 8.02. The second kappa shape index (κ2) is 12.0. The Morgan fingerprint density at radius 2 is 1.61 bits per heavy atom. The van der Waals surface area contributed by atoms with Gasteiger partial charge in [-0.05, 0) is 29.2 Å². The maximum atomic E-state index is 12.7. The van der Waals surface area contributed by atoms with Gasteiger partial charge < -0.3 is 26.6 Å². The van der Waals surface area contributed by atoms with Gasteiger partial charge in [0.2, 0.25) is 11.8 Å². The van der Waals surface area contributed by atoms with Gasteiger partial charge in [-0.25, -0.2) is 0 Å². The molecule has 9 nitrogen and oxygen atoms in total. The molecule has 1 fully saturated rings. The van der Waals surface area contributed by atoms with Crippen LogP contribution in [-0.2, 0) is 25.6 Å². The molecular weight excluding hydrogens is 422 g/mol. The number of nitrogens with zero attached hydrogens (tertiary/aromatic N) is 1. The summed E-state index contributed by atoms with van der Waals surface area (Å²) >= 11 is 0. The van der Waals surface area contributed by atoms with E-state index in [0.717, 1.165) is 16.3 Å². The lowest BCUT2D eigenvalue weighted by molar-refractivity contribution is -0.136. The van der Waals surface area contributed by atoms with Crippen molar-refractivity contribution in [3.63, 3.8) is 0 Å². The Balaban J connectivity index is 1.63. The number of hydrogen-bond donors (Lipinski definition) is 4. The number of amides is 4. The summed E-state index contributed by atoms with van der Waals surface area (Å²) in [5, 5.41) is 9.95. The maximum Gasteiger partial charge on any atom is 0.252 e. The van der Waals surface area contributed by atoms with Gasteiger partial charge in [0.15, 0.2) is 6.04 Å². The third-order valence-electron chi connectivity index (χ3n) is 5.58. The van der Waals surface area contributed by atoms with Gasteiger partial charge in [0.25, 0.3) is 11.8 Å². The summed E-state index contributed by atoms with van der Waals surface area (Å²) in [5.41, 5.74) is 6.30. The van der Waals surface area contributed by atoms with Gasteiger partial charge in [-0.15, -0.1) is 0 Å². The third-order valence-corrected chi connectivity index (χ3v) is 5.58. The Hall–Kier alpha value is -3.46. The molecule has 3 rings (SSSR count). The van der Waals surface area contributed by atoms with E-state index in [1.165, 1.54) is 0 Å². The first-order valence-electron chi connectivity index (χ1n) is 11.3. The van der Waals surface area contributed by atoms with Gasteiger partial charge in [0, 0.05) is 39.1 Å². The highest BCUT2D eigenvalue weighted by molar-refractivity contribution is 6.07. The number of rotatable bonds is 5. The van der Waals surface area contributed by atoms with E-state index in [1.54, 1.807) is 4.90 Å². The molecule has 0 spiro atoms. The predicted molar refractivity (Wildman–Crippen MR) is 125 cm³/mol. The third kappa shape index (κ3) is 6.76. The van der Waals surface area contributed by atoms with E-state index < -0.39 is 23.8 Å². The summed E-state index contributed by atoms with van der Waals surface area (Å²) in [6.45, 7) is 1.84. The lowest BCUT2D eigenvalue weighted by Crippen LogP contribution is -2.56. The topological polar surface area (TPSA) is 134 Å². The van der Waals surface area contributed by atoms with Gasteiger partial charge in [0.05, 0.1) is 6.42 Å². The molecule has 2 aromatic rings. The molecule has 0 aliphatic carbocycles. The molecule has 33 heavy (non-hydrogen) atoms. The van der Waals surface area contributed by atoms with Crippen molar-refractivity contribution in [2.75, 3.05) is 32.7 Å². The van der Waals surface area contributed by atoms with Crippen LogP contribution in [0.2, 0.25) is 0 Å². The molecule has 1 aliphatic heterocycles. The normalized spacial score (nSPS) is 16.3. The Bertz CT molecular complexity index is 980. The molecule has 4 amide bonds. The first-order chi connectivity index (χ1) is 16.0. The van der Waals surface area contributed by atoms with Crippen LogP contribution >= 0.6 is 0 Å². The zero-order valence-corrected chi connectivity index (χ0v) is 18.6. The maximum absolute atomic E-state index is 12.7. The largest absolute Gasteiger partial charge is 0.354 e. The standard InChI is InChI=1S/C24H31N5O4/c25-11-10-21(31)29-14-4-12-26-23(32)22(24(33)27-13-5-15-29)28-20(30)16-18-8-3-7-17-6-1-2-9-19(17)18/h1-3,6-9,22H,4-5,10-16,25H2,(H,26,32)(H,27,33)(H,28,30). The van der Waals surface area contributed by atoms with Crippen LogP contribution in [0.1, 0.15) is 24.8 Å². The van der Waals surface area contributed by atoms with E-state index in [9.17, 15) is 19.2 Å². The average molecular weight is 454 g/mol. The summed E-state index contributed by atoms with van der Waals surface area (Å²) in [4.78, 5) is 52.0. The van der Waals surface area contributed by atoms with Crippen molar-refractivity contribution in [1.82, 2.24) is 20.9 Å². The van der Waals surface area contributed by atoms with Gasteiger partial charge in [0.1, 0.15) is 0 Å². The van der Waals surface area contributed by atoms with Gasteiger partial charge in [-0.1, -0.05) is 42.5 Å². The molecule has 0 atom stereocenters. The van der Waals surface area contributed by atoms with E-state index in [2.05, 4.69) is 16.0 Å². The SMILES string of the molecule is NCCC(=O)N1CCCNC(=O)C(NC(=O)Cc2cccc3ccccc23)C(=O)NCCC1. The van der Waals surface area contributed by atoms with Crippen molar-refractivity contribution in [3.05, 3.63) is 48.0 Å².